The van der Waals surface area contributed by atoms with Gasteiger partial charge in [-0.2, -0.15) is 0 Å². The number of benzene rings is 1. The van der Waals surface area contributed by atoms with Crippen molar-refractivity contribution in [3.63, 3.8) is 0 Å². The molecule has 144 valence electrons. The van der Waals surface area contributed by atoms with E-state index in [0.29, 0.717) is 19.6 Å². The van der Waals surface area contributed by atoms with E-state index in [9.17, 15) is 9.59 Å². The molecule has 4 rings (SSSR count). The molecule has 1 saturated carbocycles. The minimum atomic E-state index is -0.645. The molecule has 0 amide bonds. The van der Waals surface area contributed by atoms with Crippen molar-refractivity contribution in [1.82, 2.24) is 9.55 Å². The Morgan fingerprint density at radius 3 is 2.70 bits per heavy atom. The Balaban J connectivity index is 1.54. The van der Waals surface area contributed by atoms with Crippen molar-refractivity contribution in [3.8, 4) is 0 Å². The Labute approximate surface area is 156 Å². The normalized spacial score (nSPS) is 29.0. The molecule has 2 aromatic rings. The van der Waals surface area contributed by atoms with E-state index in [0.717, 1.165) is 5.56 Å². The summed E-state index contributed by atoms with van der Waals surface area (Å²) in [6.45, 7) is 4.72. The molecule has 0 radical (unpaired) electrons. The third kappa shape index (κ3) is 3.76. The molecular weight excluding hydrogens is 348 g/mol. The molecule has 0 bridgehead atoms. The molecule has 1 saturated heterocycles. The van der Waals surface area contributed by atoms with Crippen molar-refractivity contribution >= 4 is 0 Å². The molecule has 0 spiro atoms. The maximum atomic E-state index is 12.3. The highest BCUT2D eigenvalue weighted by atomic mass is 16.8. The largest absolute Gasteiger partial charge is 0.376 e. The second kappa shape index (κ2) is 7.07. The molecule has 2 aliphatic rings. The van der Waals surface area contributed by atoms with Gasteiger partial charge in [0, 0.05) is 24.2 Å². The van der Waals surface area contributed by atoms with Crippen molar-refractivity contribution < 1.29 is 14.2 Å². The highest BCUT2D eigenvalue weighted by molar-refractivity contribution is 5.13. The Hall–Kier alpha value is -2.22. The maximum Gasteiger partial charge on any atom is 0.328 e. The number of rotatable bonds is 5. The highest BCUT2D eigenvalue weighted by Gasteiger charge is 2.54. The second-order valence-corrected chi connectivity index (χ2v) is 7.62. The molecule has 4 atom stereocenters. The SMILES string of the molecule is CC1(C)O[C@@H]2[C@@H](COCc3ccccc3)[C@@H](n3ccc(=O)[nH]c3=O)C[C@@H]2O1. The van der Waals surface area contributed by atoms with Gasteiger partial charge in [-0.25, -0.2) is 4.79 Å². The first-order chi connectivity index (χ1) is 12.9. The third-order valence-corrected chi connectivity index (χ3v) is 5.24. The zero-order valence-electron chi connectivity index (χ0n) is 15.5. The summed E-state index contributed by atoms with van der Waals surface area (Å²) < 4.78 is 19.7. The average molecular weight is 372 g/mol. The van der Waals surface area contributed by atoms with Gasteiger partial charge in [0.05, 0.1) is 25.4 Å². The summed E-state index contributed by atoms with van der Waals surface area (Å²) in [5.41, 5.74) is 0.272. The smallest absolute Gasteiger partial charge is 0.328 e. The van der Waals surface area contributed by atoms with Crippen LogP contribution < -0.4 is 11.2 Å². The van der Waals surface area contributed by atoms with E-state index in [1.54, 1.807) is 10.8 Å². The van der Waals surface area contributed by atoms with Crippen LogP contribution in [0.2, 0.25) is 0 Å². The van der Waals surface area contributed by atoms with Gasteiger partial charge in [-0.05, 0) is 25.8 Å². The van der Waals surface area contributed by atoms with Crippen molar-refractivity contribution in [2.24, 2.45) is 5.92 Å². The monoisotopic (exact) mass is 372 g/mol. The zero-order valence-corrected chi connectivity index (χ0v) is 15.5. The third-order valence-electron chi connectivity index (χ3n) is 5.24. The fourth-order valence-electron chi connectivity index (χ4n) is 4.14. The molecule has 1 N–H and O–H groups in total. The number of nitrogens with zero attached hydrogens (tertiary/aromatic N) is 1. The first-order valence-electron chi connectivity index (χ1n) is 9.22. The molecule has 1 aromatic heterocycles. The lowest BCUT2D eigenvalue weighted by Gasteiger charge is -2.27. The minimum Gasteiger partial charge on any atom is -0.376 e. The van der Waals surface area contributed by atoms with Gasteiger partial charge in [-0.1, -0.05) is 30.3 Å². The summed E-state index contributed by atoms with van der Waals surface area (Å²) in [5, 5.41) is 0. The molecule has 1 aliphatic heterocycles. The number of fused-ring (bicyclic) bond motifs is 1. The number of aromatic nitrogens is 2. The minimum absolute atomic E-state index is 0.0518. The van der Waals surface area contributed by atoms with Crippen LogP contribution in [0.15, 0.2) is 52.2 Å². The van der Waals surface area contributed by atoms with Crippen molar-refractivity contribution in [2.75, 3.05) is 6.61 Å². The van der Waals surface area contributed by atoms with Gasteiger partial charge in [-0.15, -0.1) is 0 Å². The van der Waals surface area contributed by atoms with Crippen LogP contribution in [0, 0.1) is 5.92 Å². The molecule has 1 aromatic carbocycles. The molecule has 1 aliphatic carbocycles. The van der Waals surface area contributed by atoms with E-state index in [1.807, 2.05) is 44.2 Å². The van der Waals surface area contributed by atoms with Gasteiger partial charge < -0.3 is 14.2 Å². The molecular formula is C20H24N2O5. The lowest BCUT2D eigenvalue weighted by Crippen LogP contribution is -2.37. The van der Waals surface area contributed by atoms with Gasteiger partial charge in [0.25, 0.3) is 5.56 Å². The van der Waals surface area contributed by atoms with E-state index < -0.39 is 17.0 Å². The zero-order chi connectivity index (χ0) is 19.0. The van der Waals surface area contributed by atoms with E-state index in [4.69, 9.17) is 14.2 Å². The number of hydrogen-bond donors (Lipinski definition) is 1. The maximum absolute atomic E-state index is 12.3. The van der Waals surface area contributed by atoms with Crippen molar-refractivity contribution in [3.05, 3.63) is 69.0 Å². The summed E-state index contributed by atoms with van der Waals surface area (Å²) in [6, 6.07) is 11.2. The van der Waals surface area contributed by atoms with Crippen LogP contribution >= 0.6 is 0 Å². The molecule has 0 unspecified atom stereocenters. The van der Waals surface area contributed by atoms with Crippen LogP contribution in [0.5, 0.6) is 0 Å². The molecule has 2 heterocycles. The number of nitrogens with one attached hydrogen (secondary N) is 1. The standard InChI is InChI=1S/C20H24N2O5/c1-20(2)26-16-10-15(22-9-8-17(23)21-19(22)24)14(18(16)27-20)12-25-11-13-6-4-3-5-7-13/h3-9,14-16,18H,10-12H2,1-2H3,(H,21,23,24)/t14-,15-,16-,18+/m0/s1. The molecule has 27 heavy (non-hydrogen) atoms. The Morgan fingerprint density at radius 1 is 1.19 bits per heavy atom. The molecule has 7 heteroatoms. The summed E-state index contributed by atoms with van der Waals surface area (Å²) >= 11 is 0. The Morgan fingerprint density at radius 2 is 1.96 bits per heavy atom. The number of ether oxygens (including phenoxy) is 3. The van der Waals surface area contributed by atoms with Crippen LogP contribution in [0.3, 0.4) is 0 Å². The first kappa shape index (κ1) is 18.2. The van der Waals surface area contributed by atoms with Crippen LogP contribution in [-0.2, 0) is 20.8 Å². The summed E-state index contributed by atoms with van der Waals surface area (Å²) in [5.74, 6) is -0.697. The number of H-pyrrole nitrogens is 1. The topological polar surface area (TPSA) is 82.5 Å². The van der Waals surface area contributed by atoms with Gasteiger partial charge in [0.1, 0.15) is 0 Å². The lowest BCUT2D eigenvalue weighted by atomic mass is 10.0. The summed E-state index contributed by atoms with van der Waals surface area (Å²) in [7, 11) is 0. The van der Waals surface area contributed by atoms with Crippen molar-refractivity contribution in [1.29, 1.82) is 0 Å². The predicted molar refractivity (Wildman–Crippen MR) is 98.4 cm³/mol. The van der Waals surface area contributed by atoms with E-state index in [1.165, 1.54) is 6.07 Å². The highest BCUT2D eigenvalue weighted by Crippen LogP contribution is 2.46. The van der Waals surface area contributed by atoms with Gasteiger partial charge in [-0.3, -0.25) is 14.3 Å². The van der Waals surface area contributed by atoms with Gasteiger partial charge in [0.2, 0.25) is 0 Å². The van der Waals surface area contributed by atoms with Crippen LogP contribution in [0.4, 0.5) is 0 Å². The summed E-state index contributed by atoms with van der Waals surface area (Å²) in [4.78, 5) is 26.0. The quantitative estimate of drug-likeness (QED) is 0.866. The van der Waals surface area contributed by atoms with Gasteiger partial charge >= 0.3 is 5.69 Å². The lowest BCUT2D eigenvalue weighted by molar-refractivity contribution is -0.162. The molecule has 2 fully saturated rings. The molecule has 7 nitrogen and oxygen atoms in total. The van der Waals surface area contributed by atoms with Gasteiger partial charge in [0.15, 0.2) is 5.79 Å². The fourth-order valence-corrected chi connectivity index (χ4v) is 4.14. The van der Waals surface area contributed by atoms with E-state index in [-0.39, 0.29) is 24.2 Å². The Bertz CT molecular complexity index is 904. The average Bonchev–Trinajstić information content (AvgIpc) is 3.08. The number of aromatic amines is 1. The second-order valence-electron chi connectivity index (χ2n) is 7.62. The Kier molecular flexibility index (Phi) is 4.75. The first-order valence-corrected chi connectivity index (χ1v) is 9.22. The van der Waals surface area contributed by atoms with Crippen molar-refractivity contribution in [2.45, 2.75) is 50.9 Å². The van der Waals surface area contributed by atoms with Crippen LogP contribution in [-0.4, -0.2) is 34.2 Å². The van der Waals surface area contributed by atoms with Crippen LogP contribution in [0.1, 0.15) is 31.9 Å². The predicted octanol–water partition coefficient (Wildman–Crippen LogP) is 1.83. The van der Waals surface area contributed by atoms with Crippen LogP contribution in [0.25, 0.3) is 0 Å². The van der Waals surface area contributed by atoms with E-state index >= 15 is 0 Å². The number of hydrogen-bond acceptors (Lipinski definition) is 5. The summed E-state index contributed by atoms with van der Waals surface area (Å²) in [6.07, 6.45) is 1.93. The fraction of sp³-hybridized carbons (Fsp3) is 0.500. The van der Waals surface area contributed by atoms with E-state index in [2.05, 4.69) is 4.98 Å².